The first kappa shape index (κ1) is 15.7. The molecule has 0 unspecified atom stereocenters. The minimum atomic E-state index is -1.23. The predicted octanol–water partition coefficient (Wildman–Crippen LogP) is 4.29. The Bertz CT molecular complexity index is 973. The lowest BCUT2D eigenvalue weighted by Gasteiger charge is -2.22. The maximum Gasteiger partial charge on any atom is 0.346 e. The van der Waals surface area contributed by atoms with Gasteiger partial charge >= 0.3 is 5.97 Å². The van der Waals surface area contributed by atoms with Gasteiger partial charge in [0.2, 0.25) is 0 Å². The van der Waals surface area contributed by atoms with Crippen LogP contribution in [0.25, 0.3) is 10.8 Å². The van der Waals surface area contributed by atoms with Crippen molar-refractivity contribution in [2.75, 3.05) is 0 Å². The molecule has 1 heterocycles. The van der Waals surface area contributed by atoms with Crippen LogP contribution in [0.15, 0.2) is 65.2 Å². The Morgan fingerprint density at radius 1 is 1.25 bits per heavy atom. The molecule has 3 rings (SSSR count). The second-order valence-electron chi connectivity index (χ2n) is 6.16. The number of aliphatic imine (C=N–C) groups is 1. The number of hydrogen-bond acceptors (Lipinski definition) is 3. The number of carbonyl (C=O) groups is 1. The third-order valence-electron chi connectivity index (χ3n) is 4.28. The van der Waals surface area contributed by atoms with Crippen LogP contribution < -0.4 is 0 Å². The topological polar surface area (TPSA) is 73.5 Å². The molecule has 0 amide bonds. The number of fused-ring (bicyclic) bond motifs is 3. The molecule has 0 atom stereocenters. The summed E-state index contributed by atoms with van der Waals surface area (Å²) >= 11 is 0. The monoisotopic (exact) mass is 316 g/mol. The van der Waals surface area contributed by atoms with Crippen LogP contribution in [0.4, 0.5) is 5.69 Å². The fraction of sp³-hybridized carbons (Fsp3) is 0.150. The van der Waals surface area contributed by atoms with Crippen LogP contribution in [0.1, 0.15) is 19.4 Å². The fourth-order valence-electron chi connectivity index (χ4n) is 3.05. The normalized spacial score (nSPS) is 16.0. The predicted molar refractivity (Wildman–Crippen MR) is 94.5 cm³/mol. The number of nitrogens with zero attached hydrogens (tertiary/aromatic N) is 2. The molecule has 0 fully saturated rings. The maximum absolute atomic E-state index is 10.9. The average Bonchev–Trinajstić information content (AvgIpc) is 2.82. The molecule has 0 aromatic heterocycles. The highest BCUT2D eigenvalue weighted by Crippen LogP contribution is 2.44. The fourth-order valence-corrected chi connectivity index (χ4v) is 3.05. The molecule has 0 spiro atoms. The van der Waals surface area contributed by atoms with Crippen molar-refractivity contribution in [1.82, 2.24) is 0 Å². The van der Waals surface area contributed by atoms with Crippen molar-refractivity contribution < 1.29 is 9.90 Å². The second kappa shape index (κ2) is 5.78. The summed E-state index contributed by atoms with van der Waals surface area (Å²) in [5, 5.41) is 20.0. The van der Waals surface area contributed by atoms with Gasteiger partial charge in [0.05, 0.1) is 11.4 Å². The van der Waals surface area contributed by atoms with Crippen molar-refractivity contribution in [1.29, 1.82) is 5.26 Å². The zero-order chi connectivity index (χ0) is 17.3. The van der Waals surface area contributed by atoms with Crippen LogP contribution in [0.2, 0.25) is 0 Å². The molecule has 4 nitrogen and oxygen atoms in total. The molecule has 1 aliphatic heterocycles. The van der Waals surface area contributed by atoms with Crippen LogP contribution in [-0.2, 0) is 10.2 Å². The summed E-state index contributed by atoms with van der Waals surface area (Å²) in [5.74, 6) is -1.23. The standard InChI is InChI=1S/C20H16N2O2/c1-20(2)17(9-5-7-14(12-21)19(23)24)22-16-11-10-13-6-3-4-8-15(13)18(16)20/h3-11H,1-2H3,(H,23,24). The minimum absolute atomic E-state index is 0.295. The number of allylic oxidation sites excluding steroid dienone is 3. The largest absolute Gasteiger partial charge is 0.477 e. The molecule has 0 aliphatic carbocycles. The zero-order valence-corrected chi connectivity index (χ0v) is 13.4. The number of benzene rings is 2. The maximum atomic E-state index is 10.9. The summed E-state index contributed by atoms with van der Waals surface area (Å²) in [4.78, 5) is 15.5. The Labute approximate surface area is 140 Å². The Kier molecular flexibility index (Phi) is 3.78. The van der Waals surface area contributed by atoms with Gasteiger partial charge in [0.15, 0.2) is 0 Å². The molecular weight excluding hydrogens is 300 g/mol. The summed E-state index contributed by atoms with van der Waals surface area (Å²) < 4.78 is 0. The van der Waals surface area contributed by atoms with Crippen molar-refractivity contribution >= 4 is 28.1 Å². The van der Waals surface area contributed by atoms with Gasteiger partial charge in [0, 0.05) is 5.41 Å². The van der Waals surface area contributed by atoms with E-state index in [2.05, 4.69) is 32.0 Å². The lowest BCUT2D eigenvalue weighted by Crippen LogP contribution is -2.24. The number of carboxylic acid groups (broad SMARTS) is 1. The summed E-state index contributed by atoms with van der Waals surface area (Å²) in [7, 11) is 0. The number of carboxylic acids is 1. The van der Waals surface area contributed by atoms with Gasteiger partial charge in [-0.3, -0.25) is 4.99 Å². The first-order chi connectivity index (χ1) is 11.4. The van der Waals surface area contributed by atoms with Crippen molar-refractivity contribution in [3.8, 4) is 6.07 Å². The van der Waals surface area contributed by atoms with E-state index in [1.165, 1.54) is 22.4 Å². The lowest BCUT2D eigenvalue weighted by atomic mass is 9.79. The van der Waals surface area contributed by atoms with E-state index >= 15 is 0 Å². The summed E-state index contributed by atoms with van der Waals surface area (Å²) in [5.41, 5.74) is 2.35. The van der Waals surface area contributed by atoms with Gasteiger partial charge in [-0.15, -0.1) is 0 Å². The van der Waals surface area contributed by atoms with E-state index in [1.54, 1.807) is 18.2 Å². The van der Waals surface area contributed by atoms with Crippen LogP contribution in [-0.4, -0.2) is 16.8 Å². The highest BCUT2D eigenvalue weighted by atomic mass is 16.4. The molecule has 0 radical (unpaired) electrons. The Balaban J connectivity index is 2.03. The van der Waals surface area contributed by atoms with Crippen molar-refractivity contribution in [3.05, 3.63) is 65.8 Å². The Morgan fingerprint density at radius 2 is 2.00 bits per heavy atom. The Hall–Kier alpha value is -3.19. The number of aliphatic carboxylic acids is 1. The number of rotatable bonds is 3. The van der Waals surface area contributed by atoms with Crippen molar-refractivity contribution in [2.24, 2.45) is 4.99 Å². The lowest BCUT2D eigenvalue weighted by molar-refractivity contribution is -0.132. The third kappa shape index (κ3) is 2.50. The van der Waals surface area contributed by atoms with Gasteiger partial charge in [0.1, 0.15) is 11.6 Å². The molecule has 0 bridgehead atoms. The molecule has 4 heteroatoms. The van der Waals surface area contributed by atoms with Gasteiger partial charge in [-0.2, -0.15) is 5.26 Å². The van der Waals surface area contributed by atoms with Crippen LogP contribution in [0.5, 0.6) is 0 Å². The SMILES string of the molecule is CC1(C)C(C=CC=C(C#N)C(=O)O)=Nc2ccc3ccccc3c21. The molecule has 118 valence electrons. The van der Waals surface area contributed by atoms with Gasteiger partial charge in [-0.1, -0.05) is 50.3 Å². The highest BCUT2D eigenvalue weighted by molar-refractivity contribution is 6.12. The smallest absolute Gasteiger partial charge is 0.346 e. The van der Waals surface area contributed by atoms with E-state index < -0.39 is 5.97 Å². The van der Waals surface area contributed by atoms with Crippen LogP contribution in [0, 0.1) is 11.3 Å². The van der Waals surface area contributed by atoms with E-state index in [1.807, 2.05) is 18.2 Å². The van der Waals surface area contributed by atoms with E-state index in [-0.39, 0.29) is 11.0 Å². The first-order valence-corrected chi connectivity index (χ1v) is 7.58. The van der Waals surface area contributed by atoms with Crippen LogP contribution >= 0.6 is 0 Å². The van der Waals surface area contributed by atoms with E-state index in [0.29, 0.717) is 0 Å². The summed E-state index contributed by atoms with van der Waals surface area (Å²) in [6.45, 7) is 4.20. The van der Waals surface area contributed by atoms with E-state index in [9.17, 15) is 4.79 Å². The number of nitriles is 1. The molecule has 1 N–H and O–H groups in total. The van der Waals surface area contributed by atoms with Crippen LogP contribution in [0.3, 0.4) is 0 Å². The minimum Gasteiger partial charge on any atom is -0.477 e. The molecular formula is C20H16N2O2. The summed E-state index contributed by atoms with van der Waals surface area (Å²) in [6, 6.07) is 13.9. The van der Waals surface area contributed by atoms with Gasteiger partial charge in [-0.05, 0) is 34.6 Å². The zero-order valence-electron chi connectivity index (χ0n) is 13.4. The molecule has 0 saturated heterocycles. The van der Waals surface area contributed by atoms with E-state index in [0.717, 1.165) is 11.4 Å². The van der Waals surface area contributed by atoms with Gasteiger partial charge in [-0.25, -0.2) is 4.79 Å². The third-order valence-corrected chi connectivity index (χ3v) is 4.28. The second-order valence-corrected chi connectivity index (χ2v) is 6.16. The van der Waals surface area contributed by atoms with Crippen molar-refractivity contribution in [3.63, 3.8) is 0 Å². The first-order valence-electron chi connectivity index (χ1n) is 7.58. The molecule has 2 aromatic carbocycles. The molecule has 24 heavy (non-hydrogen) atoms. The number of hydrogen-bond donors (Lipinski definition) is 1. The highest BCUT2D eigenvalue weighted by Gasteiger charge is 2.34. The molecule has 2 aromatic rings. The quantitative estimate of drug-likeness (QED) is 0.521. The van der Waals surface area contributed by atoms with Crippen molar-refractivity contribution in [2.45, 2.75) is 19.3 Å². The van der Waals surface area contributed by atoms with Gasteiger partial charge in [0.25, 0.3) is 0 Å². The van der Waals surface area contributed by atoms with Gasteiger partial charge < -0.3 is 5.11 Å². The van der Waals surface area contributed by atoms with E-state index in [4.69, 9.17) is 15.4 Å². The summed E-state index contributed by atoms with van der Waals surface area (Å²) in [6.07, 6.45) is 4.64. The Morgan fingerprint density at radius 3 is 2.71 bits per heavy atom. The molecule has 1 aliphatic rings. The molecule has 0 saturated carbocycles. The average molecular weight is 316 g/mol.